The molecular weight excluding hydrogens is 260 g/mol. The van der Waals surface area contributed by atoms with E-state index in [1.165, 1.54) is 22.9 Å². The average molecular weight is 278 g/mol. The number of hydrogen-bond acceptors (Lipinski definition) is 3. The number of pyridine rings is 1. The number of nitrogens with zero attached hydrogens (tertiary/aromatic N) is 2. The Kier molecular flexibility index (Phi) is 4.22. The van der Waals surface area contributed by atoms with Crippen LogP contribution in [-0.2, 0) is 11.8 Å². The summed E-state index contributed by atoms with van der Waals surface area (Å²) >= 11 is 0. The molecule has 2 heterocycles. The summed E-state index contributed by atoms with van der Waals surface area (Å²) in [6.07, 6.45) is 3.13. The second-order valence-corrected chi connectivity index (χ2v) is 5.20. The summed E-state index contributed by atoms with van der Waals surface area (Å²) in [5.41, 5.74) is 0.338. The van der Waals surface area contributed by atoms with Gasteiger partial charge in [0, 0.05) is 38.8 Å². The lowest BCUT2D eigenvalue weighted by atomic mass is 9.93. The van der Waals surface area contributed by atoms with E-state index in [0.29, 0.717) is 31.5 Å². The van der Waals surface area contributed by atoms with Gasteiger partial charge in [0.2, 0.25) is 5.56 Å². The lowest BCUT2D eigenvalue weighted by Gasteiger charge is -2.31. The van der Waals surface area contributed by atoms with Crippen LogP contribution in [0.1, 0.15) is 29.6 Å². The largest absolute Gasteiger partial charge is 0.481 e. The molecule has 0 bridgehead atoms. The third-order valence-corrected chi connectivity index (χ3v) is 3.70. The predicted molar refractivity (Wildman–Crippen MR) is 72.6 cm³/mol. The SMILES string of the molecule is Cn1cc(C(=O)N2CCC(CC(=O)O)CC2)ccc1=O. The van der Waals surface area contributed by atoms with Gasteiger partial charge in [0.25, 0.3) is 5.91 Å². The summed E-state index contributed by atoms with van der Waals surface area (Å²) in [5, 5.41) is 8.76. The Morgan fingerprint density at radius 2 is 1.95 bits per heavy atom. The van der Waals surface area contributed by atoms with E-state index < -0.39 is 5.97 Å². The average Bonchev–Trinajstić information content (AvgIpc) is 2.41. The first-order chi connectivity index (χ1) is 9.47. The monoisotopic (exact) mass is 278 g/mol. The number of rotatable bonds is 3. The number of carboxylic acid groups (broad SMARTS) is 1. The first-order valence-electron chi connectivity index (χ1n) is 6.65. The van der Waals surface area contributed by atoms with Crippen molar-refractivity contribution in [3.8, 4) is 0 Å². The number of piperidine rings is 1. The summed E-state index contributed by atoms with van der Waals surface area (Å²) in [7, 11) is 1.61. The summed E-state index contributed by atoms with van der Waals surface area (Å²) in [5.74, 6) is -0.737. The summed E-state index contributed by atoms with van der Waals surface area (Å²) < 4.78 is 1.38. The predicted octanol–water partition coefficient (Wildman–Crippen LogP) is 0.712. The van der Waals surface area contributed by atoms with Crippen LogP contribution in [-0.4, -0.2) is 39.5 Å². The van der Waals surface area contributed by atoms with E-state index in [9.17, 15) is 14.4 Å². The van der Waals surface area contributed by atoms with Gasteiger partial charge < -0.3 is 14.6 Å². The normalized spacial score (nSPS) is 16.1. The van der Waals surface area contributed by atoms with Gasteiger partial charge in [-0.05, 0) is 24.8 Å². The highest BCUT2D eigenvalue weighted by Crippen LogP contribution is 2.21. The van der Waals surface area contributed by atoms with E-state index in [1.54, 1.807) is 11.9 Å². The number of aryl methyl sites for hydroxylation is 1. The minimum Gasteiger partial charge on any atom is -0.481 e. The molecule has 20 heavy (non-hydrogen) atoms. The molecule has 108 valence electrons. The molecule has 0 saturated carbocycles. The van der Waals surface area contributed by atoms with Crippen molar-refractivity contribution in [1.82, 2.24) is 9.47 Å². The topological polar surface area (TPSA) is 79.6 Å². The maximum Gasteiger partial charge on any atom is 0.303 e. The van der Waals surface area contributed by atoms with Crippen molar-refractivity contribution in [3.05, 3.63) is 34.2 Å². The van der Waals surface area contributed by atoms with Crippen LogP contribution < -0.4 is 5.56 Å². The number of carbonyl (C=O) groups is 2. The number of amides is 1. The van der Waals surface area contributed by atoms with Gasteiger partial charge in [0.05, 0.1) is 5.56 Å². The molecule has 6 nitrogen and oxygen atoms in total. The number of aliphatic carboxylic acids is 1. The van der Waals surface area contributed by atoms with Crippen LogP contribution in [0.25, 0.3) is 0 Å². The number of carboxylic acids is 1. The molecule has 0 radical (unpaired) electrons. The fourth-order valence-corrected chi connectivity index (χ4v) is 2.49. The molecule has 0 unspecified atom stereocenters. The van der Waals surface area contributed by atoms with E-state index in [4.69, 9.17) is 5.11 Å². The molecule has 0 atom stereocenters. The second-order valence-electron chi connectivity index (χ2n) is 5.20. The Morgan fingerprint density at radius 3 is 2.50 bits per heavy atom. The van der Waals surface area contributed by atoms with Gasteiger partial charge in [0.1, 0.15) is 0 Å². The van der Waals surface area contributed by atoms with Crippen molar-refractivity contribution in [1.29, 1.82) is 0 Å². The molecule has 0 spiro atoms. The van der Waals surface area contributed by atoms with Crippen molar-refractivity contribution in [2.45, 2.75) is 19.3 Å². The van der Waals surface area contributed by atoms with Crippen LogP contribution in [0.2, 0.25) is 0 Å². The van der Waals surface area contributed by atoms with Crippen LogP contribution in [0.5, 0.6) is 0 Å². The van der Waals surface area contributed by atoms with E-state index >= 15 is 0 Å². The third kappa shape index (κ3) is 3.26. The van der Waals surface area contributed by atoms with Crippen molar-refractivity contribution in [2.24, 2.45) is 13.0 Å². The van der Waals surface area contributed by atoms with Crippen LogP contribution in [0.3, 0.4) is 0 Å². The highest BCUT2D eigenvalue weighted by Gasteiger charge is 2.25. The molecule has 1 aliphatic heterocycles. The van der Waals surface area contributed by atoms with E-state index in [-0.39, 0.29) is 23.8 Å². The zero-order valence-corrected chi connectivity index (χ0v) is 11.4. The number of likely N-dealkylation sites (tertiary alicyclic amines) is 1. The molecule has 1 fully saturated rings. The molecule has 0 aromatic carbocycles. The van der Waals surface area contributed by atoms with E-state index in [0.717, 1.165) is 0 Å². The van der Waals surface area contributed by atoms with E-state index in [2.05, 4.69) is 0 Å². The highest BCUT2D eigenvalue weighted by atomic mass is 16.4. The first kappa shape index (κ1) is 14.3. The van der Waals surface area contributed by atoms with Crippen LogP contribution in [0.15, 0.2) is 23.1 Å². The highest BCUT2D eigenvalue weighted by molar-refractivity contribution is 5.93. The number of carbonyl (C=O) groups excluding carboxylic acids is 1. The van der Waals surface area contributed by atoms with Gasteiger partial charge in [-0.15, -0.1) is 0 Å². The maximum absolute atomic E-state index is 12.3. The molecule has 2 rings (SSSR count). The second kappa shape index (κ2) is 5.90. The standard InChI is InChI=1S/C14H18N2O4/c1-15-9-11(2-3-12(15)17)14(20)16-6-4-10(5-7-16)8-13(18)19/h2-3,9-10H,4-8H2,1H3,(H,18,19). The third-order valence-electron chi connectivity index (χ3n) is 3.70. The Balaban J connectivity index is 1.99. The van der Waals surface area contributed by atoms with Crippen molar-refractivity contribution >= 4 is 11.9 Å². The number of aromatic nitrogens is 1. The van der Waals surface area contributed by atoms with Crippen LogP contribution in [0, 0.1) is 5.92 Å². The Bertz CT molecular complexity index is 571. The minimum atomic E-state index is -0.784. The van der Waals surface area contributed by atoms with Crippen molar-refractivity contribution in [2.75, 3.05) is 13.1 Å². The zero-order valence-electron chi connectivity index (χ0n) is 11.4. The van der Waals surface area contributed by atoms with Crippen LogP contribution in [0.4, 0.5) is 0 Å². The molecule has 1 saturated heterocycles. The fourth-order valence-electron chi connectivity index (χ4n) is 2.49. The Morgan fingerprint density at radius 1 is 1.30 bits per heavy atom. The minimum absolute atomic E-state index is 0.102. The van der Waals surface area contributed by atoms with Crippen molar-refractivity contribution in [3.63, 3.8) is 0 Å². The maximum atomic E-state index is 12.3. The van der Waals surface area contributed by atoms with E-state index in [1.807, 2.05) is 0 Å². The molecule has 1 amide bonds. The van der Waals surface area contributed by atoms with Crippen molar-refractivity contribution < 1.29 is 14.7 Å². The first-order valence-corrected chi connectivity index (χ1v) is 6.65. The quantitative estimate of drug-likeness (QED) is 0.883. The smallest absolute Gasteiger partial charge is 0.303 e. The van der Waals surface area contributed by atoms with Gasteiger partial charge in [-0.2, -0.15) is 0 Å². The fraction of sp³-hybridized carbons (Fsp3) is 0.500. The lowest BCUT2D eigenvalue weighted by molar-refractivity contribution is -0.138. The summed E-state index contributed by atoms with van der Waals surface area (Å²) in [6.45, 7) is 1.14. The molecule has 1 aliphatic rings. The van der Waals surface area contributed by atoms with Gasteiger partial charge in [-0.25, -0.2) is 0 Å². The molecule has 1 aromatic rings. The molecular formula is C14H18N2O4. The number of hydrogen-bond donors (Lipinski definition) is 1. The summed E-state index contributed by atoms with van der Waals surface area (Å²) in [6, 6.07) is 2.92. The molecule has 6 heteroatoms. The van der Waals surface area contributed by atoms with Crippen LogP contribution >= 0.6 is 0 Å². The summed E-state index contributed by atoms with van der Waals surface area (Å²) in [4.78, 5) is 36.0. The molecule has 1 aromatic heterocycles. The molecule has 1 N–H and O–H groups in total. The van der Waals surface area contributed by atoms with Gasteiger partial charge in [0.15, 0.2) is 0 Å². The zero-order chi connectivity index (χ0) is 14.7. The lowest BCUT2D eigenvalue weighted by Crippen LogP contribution is -2.39. The van der Waals surface area contributed by atoms with Gasteiger partial charge in [-0.3, -0.25) is 14.4 Å². The Labute approximate surface area is 116 Å². The van der Waals surface area contributed by atoms with Gasteiger partial charge in [-0.1, -0.05) is 0 Å². The Hall–Kier alpha value is -2.11. The molecule has 0 aliphatic carbocycles. The van der Waals surface area contributed by atoms with Gasteiger partial charge >= 0.3 is 5.97 Å².